The largest absolute Gasteiger partial charge is 0.489 e. The van der Waals surface area contributed by atoms with Gasteiger partial charge in [0.15, 0.2) is 0 Å². The average molecular weight is 428 g/mol. The number of Topliss-reactive ketones (excluding diaryl/α,β-unsaturated/α-hetero) is 1. The Morgan fingerprint density at radius 1 is 1.27 bits per heavy atom. The van der Waals surface area contributed by atoms with Crippen LogP contribution in [0, 0.1) is 5.92 Å². The summed E-state index contributed by atoms with van der Waals surface area (Å²) in [6, 6.07) is 10.1. The molecule has 2 atom stereocenters. The Labute approximate surface area is 183 Å². The van der Waals surface area contributed by atoms with E-state index in [0.717, 1.165) is 49.2 Å². The van der Waals surface area contributed by atoms with Crippen LogP contribution in [0.5, 0.6) is 5.75 Å². The first-order chi connectivity index (χ1) is 14.5. The molecule has 30 heavy (non-hydrogen) atoms. The van der Waals surface area contributed by atoms with Gasteiger partial charge in [0.25, 0.3) is 0 Å². The number of nitrogens with zero attached hydrogens (tertiary/aromatic N) is 2. The molecule has 0 amide bonds. The van der Waals surface area contributed by atoms with Crippen molar-refractivity contribution in [3.63, 3.8) is 0 Å². The van der Waals surface area contributed by atoms with Crippen LogP contribution in [0.4, 0.5) is 11.5 Å². The Morgan fingerprint density at radius 2 is 2.03 bits per heavy atom. The second kappa shape index (κ2) is 9.25. The number of carbonyl (C=O) groups excluding carboxylic acids is 1. The maximum Gasteiger partial charge on any atom is 0.146 e. The molecule has 0 spiro atoms. The van der Waals surface area contributed by atoms with E-state index < -0.39 is 0 Å². The Morgan fingerprint density at radius 3 is 2.73 bits per heavy atom. The molecule has 1 aromatic carbocycles. The van der Waals surface area contributed by atoms with Gasteiger partial charge in [-0.15, -0.1) is 0 Å². The normalized spacial score (nSPS) is 19.6. The highest BCUT2D eigenvalue weighted by Crippen LogP contribution is 2.35. The minimum absolute atomic E-state index is 0.123. The summed E-state index contributed by atoms with van der Waals surface area (Å²) in [6.45, 7) is 6.38. The summed E-state index contributed by atoms with van der Waals surface area (Å²) >= 11 is 6.65. The standard InChI is InChI=1S/C24H30ClN3O2/c1-16(13-17(2)29)19-5-7-20(8-6-19)30-21-10-12-28(15-21)22-9-11-26-24(23(22)25)27-14-18-3-4-18/h5-9,11,16,18,21H,3-4,10,12-15H2,1-2H3,(H,26,27)/t16-,21-/m1/s1. The predicted octanol–water partition coefficient (Wildman–Crippen LogP) is 5.30. The number of hydrogen-bond acceptors (Lipinski definition) is 5. The van der Waals surface area contributed by atoms with Crippen molar-refractivity contribution in [1.82, 2.24) is 4.98 Å². The Kier molecular flexibility index (Phi) is 6.47. The minimum atomic E-state index is 0.123. The summed E-state index contributed by atoms with van der Waals surface area (Å²) in [5.41, 5.74) is 2.19. The summed E-state index contributed by atoms with van der Waals surface area (Å²) in [4.78, 5) is 18.0. The van der Waals surface area contributed by atoms with Crippen LogP contribution in [0.15, 0.2) is 36.5 Å². The smallest absolute Gasteiger partial charge is 0.146 e. The summed E-state index contributed by atoms with van der Waals surface area (Å²) < 4.78 is 6.22. The van der Waals surface area contributed by atoms with E-state index in [9.17, 15) is 4.79 Å². The van der Waals surface area contributed by atoms with Crippen LogP contribution in [-0.4, -0.2) is 36.5 Å². The summed E-state index contributed by atoms with van der Waals surface area (Å²) in [5.74, 6) is 2.87. The van der Waals surface area contributed by atoms with Gasteiger partial charge in [-0.2, -0.15) is 0 Å². The van der Waals surface area contributed by atoms with Crippen molar-refractivity contribution in [3.8, 4) is 5.75 Å². The molecular weight excluding hydrogens is 398 g/mol. The fourth-order valence-corrected chi connectivity index (χ4v) is 4.32. The number of ketones is 1. The highest BCUT2D eigenvalue weighted by Gasteiger charge is 2.27. The number of rotatable bonds is 9. The van der Waals surface area contributed by atoms with Gasteiger partial charge in [0.2, 0.25) is 0 Å². The van der Waals surface area contributed by atoms with Gasteiger partial charge in [-0.05, 0) is 55.4 Å². The van der Waals surface area contributed by atoms with Crippen LogP contribution in [-0.2, 0) is 4.79 Å². The lowest BCUT2D eigenvalue weighted by Gasteiger charge is -2.21. The molecule has 0 radical (unpaired) electrons. The second-order valence-electron chi connectivity index (χ2n) is 8.67. The predicted molar refractivity (Wildman–Crippen MR) is 122 cm³/mol. The van der Waals surface area contributed by atoms with Crippen molar-refractivity contribution in [3.05, 3.63) is 47.1 Å². The number of halogens is 1. The third-order valence-electron chi connectivity index (χ3n) is 5.96. The lowest BCUT2D eigenvalue weighted by atomic mass is 9.96. The summed E-state index contributed by atoms with van der Waals surface area (Å²) in [5, 5.41) is 4.09. The fourth-order valence-electron chi connectivity index (χ4n) is 4.02. The molecule has 5 nitrogen and oxygen atoms in total. The molecule has 2 aromatic rings. The van der Waals surface area contributed by atoms with Crippen LogP contribution in [0.3, 0.4) is 0 Å². The molecule has 1 saturated carbocycles. The number of hydrogen-bond donors (Lipinski definition) is 1. The number of carbonyl (C=O) groups is 1. The van der Waals surface area contributed by atoms with Crippen molar-refractivity contribution >= 4 is 28.9 Å². The highest BCUT2D eigenvalue weighted by molar-refractivity contribution is 6.35. The van der Waals surface area contributed by atoms with Gasteiger partial charge >= 0.3 is 0 Å². The lowest BCUT2D eigenvalue weighted by Crippen LogP contribution is -2.25. The van der Waals surface area contributed by atoms with Crippen molar-refractivity contribution in [2.75, 3.05) is 29.9 Å². The van der Waals surface area contributed by atoms with Crippen molar-refractivity contribution in [2.45, 2.75) is 51.6 Å². The molecule has 2 aliphatic rings. The zero-order chi connectivity index (χ0) is 21.1. The second-order valence-corrected chi connectivity index (χ2v) is 9.05. The van der Waals surface area contributed by atoms with E-state index in [-0.39, 0.29) is 17.8 Å². The maximum atomic E-state index is 11.3. The molecule has 1 aromatic heterocycles. The molecule has 4 rings (SSSR count). The van der Waals surface area contributed by atoms with Gasteiger partial charge in [-0.1, -0.05) is 30.7 Å². The number of benzene rings is 1. The minimum Gasteiger partial charge on any atom is -0.489 e. The molecule has 0 unspecified atom stereocenters. The van der Waals surface area contributed by atoms with Crippen molar-refractivity contribution in [2.24, 2.45) is 5.92 Å². The summed E-state index contributed by atoms with van der Waals surface area (Å²) in [7, 11) is 0. The van der Waals surface area contributed by atoms with E-state index in [2.05, 4.69) is 34.3 Å². The van der Waals surface area contributed by atoms with Gasteiger partial charge in [-0.3, -0.25) is 0 Å². The molecule has 1 aliphatic carbocycles. The third-order valence-corrected chi connectivity index (χ3v) is 6.33. The monoisotopic (exact) mass is 427 g/mol. The van der Waals surface area contributed by atoms with E-state index in [0.29, 0.717) is 11.4 Å². The van der Waals surface area contributed by atoms with Crippen LogP contribution in [0.2, 0.25) is 5.02 Å². The van der Waals surface area contributed by atoms with Crippen LogP contribution < -0.4 is 15.0 Å². The Balaban J connectivity index is 1.34. The van der Waals surface area contributed by atoms with Crippen molar-refractivity contribution < 1.29 is 9.53 Å². The zero-order valence-electron chi connectivity index (χ0n) is 17.7. The topological polar surface area (TPSA) is 54.5 Å². The Bertz CT molecular complexity index is 883. The Hall–Kier alpha value is -2.27. The van der Waals surface area contributed by atoms with E-state index in [1.807, 2.05) is 24.4 Å². The number of anilines is 2. The van der Waals surface area contributed by atoms with E-state index in [4.69, 9.17) is 16.3 Å². The first-order valence-corrected chi connectivity index (χ1v) is 11.3. The van der Waals surface area contributed by atoms with E-state index >= 15 is 0 Å². The van der Waals surface area contributed by atoms with E-state index in [1.165, 1.54) is 18.4 Å². The number of ether oxygens (including phenoxy) is 1. The first-order valence-electron chi connectivity index (χ1n) is 10.9. The highest BCUT2D eigenvalue weighted by atomic mass is 35.5. The van der Waals surface area contributed by atoms with Gasteiger partial charge in [-0.25, -0.2) is 4.98 Å². The third kappa shape index (κ3) is 5.25. The van der Waals surface area contributed by atoms with Crippen LogP contribution >= 0.6 is 11.6 Å². The summed E-state index contributed by atoms with van der Waals surface area (Å²) in [6.07, 6.45) is 6.06. The van der Waals surface area contributed by atoms with Crippen LogP contribution in [0.1, 0.15) is 51.0 Å². The van der Waals surface area contributed by atoms with Gasteiger partial charge in [0, 0.05) is 32.1 Å². The fraction of sp³-hybridized carbons (Fsp3) is 0.500. The number of aromatic nitrogens is 1. The molecule has 1 saturated heterocycles. The molecule has 6 heteroatoms. The first kappa shape index (κ1) is 21.0. The SMILES string of the molecule is CC(=O)C[C@@H](C)c1ccc(O[C@@H]2CCN(c3ccnc(NCC4CC4)c3Cl)C2)cc1. The van der Waals surface area contributed by atoms with Crippen molar-refractivity contribution in [1.29, 1.82) is 0 Å². The number of nitrogens with one attached hydrogen (secondary N) is 1. The zero-order valence-corrected chi connectivity index (χ0v) is 18.5. The molecule has 2 heterocycles. The molecule has 0 bridgehead atoms. The van der Waals surface area contributed by atoms with E-state index in [1.54, 1.807) is 6.92 Å². The van der Waals surface area contributed by atoms with Gasteiger partial charge < -0.3 is 19.7 Å². The van der Waals surface area contributed by atoms with Crippen LogP contribution in [0.25, 0.3) is 0 Å². The lowest BCUT2D eigenvalue weighted by molar-refractivity contribution is -0.117. The van der Waals surface area contributed by atoms with Gasteiger partial charge in [0.05, 0.1) is 12.2 Å². The van der Waals surface area contributed by atoms with Gasteiger partial charge in [0.1, 0.15) is 28.5 Å². The quantitative estimate of drug-likeness (QED) is 0.588. The maximum absolute atomic E-state index is 11.3. The molecule has 1 aliphatic heterocycles. The molecule has 160 valence electrons. The molecule has 1 N–H and O–H groups in total. The number of pyridine rings is 1. The average Bonchev–Trinajstić information content (AvgIpc) is 3.44. The molecular formula is C24H30ClN3O2. The molecule has 2 fully saturated rings.